The number of aromatic nitrogens is 4. The van der Waals surface area contributed by atoms with Crippen molar-refractivity contribution < 1.29 is 14.3 Å². The Morgan fingerprint density at radius 3 is 2.61 bits per heavy atom. The lowest BCUT2D eigenvalue weighted by Gasteiger charge is -2.29. The molecule has 212 valence electrons. The first-order valence-corrected chi connectivity index (χ1v) is 13.9. The van der Waals surface area contributed by atoms with Gasteiger partial charge in [-0.3, -0.25) is 15.1 Å². The molecule has 4 heterocycles. The lowest BCUT2D eigenvalue weighted by Crippen LogP contribution is -2.46. The summed E-state index contributed by atoms with van der Waals surface area (Å²) < 4.78 is 11.2. The lowest BCUT2D eigenvalue weighted by molar-refractivity contribution is 0.254. The molecule has 0 radical (unpaired) electrons. The van der Waals surface area contributed by atoms with Crippen LogP contribution in [0.15, 0.2) is 76.6 Å². The summed E-state index contributed by atoms with van der Waals surface area (Å²) >= 11 is 1.46. The molecule has 13 heteroatoms. The van der Waals surface area contributed by atoms with E-state index < -0.39 is 6.03 Å². The van der Waals surface area contributed by atoms with E-state index >= 15 is 0 Å². The number of methoxy groups -OCH3 is 1. The van der Waals surface area contributed by atoms with Crippen molar-refractivity contribution in [1.82, 2.24) is 30.7 Å². The number of carbonyl (C=O) groups excluding carboxylic acids is 1. The van der Waals surface area contributed by atoms with Gasteiger partial charge in [0, 0.05) is 23.2 Å². The molecule has 1 atom stereocenters. The van der Waals surface area contributed by atoms with E-state index in [0.717, 1.165) is 10.6 Å². The van der Waals surface area contributed by atoms with Crippen LogP contribution in [0.4, 0.5) is 16.2 Å². The molecule has 0 bridgehead atoms. The zero-order valence-corrected chi connectivity index (χ0v) is 24.0. The highest BCUT2D eigenvalue weighted by Gasteiger charge is 2.33. The van der Waals surface area contributed by atoms with E-state index in [4.69, 9.17) is 9.47 Å². The van der Waals surface area contributed by atoms with Crippen molar-refractivity contribution in [3.8, 4) is 17.4 Å². The van der Waals surface area contributed by atoms with Crippen LogP contribution in [0.2, 0.25) is 0 Å². The minimum absolute atomic E-state index is 0.0327. The van der Waals surface area contributed by atoms with Gasteiger partial charge >= 0.3 is 6.03 Å². The number of H-pyrrole nitrogens is 1. The zero-order valence-electron chi connectivity index (χ0n) is 23.2. The first kappa shape index (κ1) is 27.9. The summed E-state index contributed by atoms with van der Waals surface area (Å²) in [4.78, 5) is 40.8. The summed E-state index contributed by atoms with van der Waals surface area (Å²) in [5.74, 6) is 2.06. The third-order valence-electron chi connectivity index (χ3n) is 6.29. The van der Waals surface area contributed by atoms with E-state index in [1.165, 1.54) is 24.2 Å². The number of carbonyl (C=O) groups is 1. The maximum absolute atomic E-state index is 13.2. The van der Waals surface area contributed by atoms with Gasteiger partial charge < -0.3 is 19.8 Å². The summed E-state index contributed by atoms with van der Waals surface area (Å²) in [6, 6.07) is 10.2. The van der Waals surface area contributed by atoms with Crippen molar-refractivity contribution in [2.75, 3.05) is 23.7 Å². The molecule has 1 unspecified atom stereocenters. The van der Waals surface area contributed by atoms with Crippen LogP contribution < -0.4 is 36.1 Å². The average molecular weight is 575 g/mol. The Bertz CT molecular complexity index is 1670. The second-order valence-corrected chi connectivity index (χ2v) is 11.1. The maximum Gasteiger partial charge on any atom is 0.324 e. The van der Waals surface area contributed by atoms with Gasteiger partial charge in [-0.1, -0.05) is 20.8 Å². The van der Waals surface area contributed by atoms with E-state index in [-0.39, 0.29) is 17.0 Å². The molecule has 0 saturated carbocycles. The number of urea groups is 1. The molecule has 1 aliphatic heterocycles. The number of benzene rings is 1. The third kappa shape index (κ3) is 6.26. The molecule has 4 aromatic rings. The van der Waals surface area contributed by atoms with Crippen molar-refractivity contribution in [2.45, 2.75) is 31.7 Å². The zero-order chi connectivity index (χ0) is 29.1. The Balaban J connectivity index is 1.33. The SMILES string of the molecule is COc1ccc(N2NC(C(C)(C)C)C=C2NC(=O)Nc2ccc(Oc3ccnc4[nH]c(=O)cnc34)cc2SC)cn1. The van der Waals surface area contributed by atoms with E-state index in [9.17, 15) is 9.59 Å². The summed E-state index contributed by atoms with van der Waals surface area (Å²) in [7, 11) is 1.56. The standard InChI is InChI=1S/C28H30N8O4S/c1-28(2,3)21-13-22(36(35-21)16-6-9-24(39-4)30-14-16)33-27(38)32-18-8-7-17(12-20(18)41-5)40-19-10-11-29-26-25(19)31-15-23(37)34-26/h6-15,21,35H,1-5H3,(H,29,34,37)(H2,32,33,38). The predicted molar refractivity (Wildman–Crippen MR) is 158 cm³/mol. The number of amides is 2. The third-order valence-corrected chi connectivity index (χ3v) is 7.06. The number of anilines is 2. The van der Waals surface area contributed by atoms with Crippen LogP contribution in [0.5, 0.6) is 17.4 Å². The van der Waals surface area contributed by atoms with Crippen LogP contribution in [0, 0.1) is 5.41 Å². The van der Waals surface area contributed by atoms with Crippen molar-refractivity contribution in [3.63, 3.8) is 0 Å². The number of ether oxygens (including phenoxy) is 2. The van der Waals surface area contributed by atoms with Crippen molar-refractivity contribution >= 4 is 40.3 Å². The van der Waals surface area contributed by atoms with Crippen molar-refractivity contribution in [2.24, 2.45) is 5.41 Å². The minimum atomic E-state index is -0.406. The van der Waals surface area contributed by atoms with Gasteiger partial charge in [0.05, 0.1) is 36.9 Å². The smallest absolute Gasteiger partial charge is 0.324 e. The second kappa shape index (κ2) is 11.5. The fraction of sp³-hybridized carbons (Fsp3) is 0.250. The van der Waals surface area contributed by atoms with Crippen LogP contribution in [-0.2, 0) is 0 Å². The highest BCUT2D eigenvalue weighted by molar-refractivity contribution is 7.98. The summed E-state index contributed by atoms with van der Waals surface area (Å²) in [6.07, 6.45) is 8.28. The Labute approximate surface area is 240 Å². The molecule has 4 N–H and O–H groups in total. The fourth-order valence-electron chi connectivity index (χ4n) is 4.10. The Morgan fingerprint density at radius 2 is 1.90 bits per heavy atom. The van der Waals surface area contributed by atoms with Crippen molar-refractivity contribution in [3.05, 3.63) is 77.2 Å². The van der Waals surface area contributed by atoms with Crippen LogP contribution in [-0.4, -0.2) is 45.4 Å². The normalized spacial score (nSPS) is 15.0. The van der Waals surface area contributed by atoms with Gasteiger partial charge in [0.25, 0.3) is 5.56 Å². The largest absolute Gasteiger partial charge is 0.481 e. The van der Waals surface area contributed by atoms with Crippen LogP contribution in [0.1, 0.15) is 20.8 Å². The van der Waals surface area contributed by atoms with E-state index in [2.05, 4.69) is 56.8 Å². The molecule has 12 nitrogen and oxygen atoms in total. The number of nitrogens with one attached hydrogen (secondary N) is 4. The second-order valence-electron chi connectivity index (χ2n) is 10.2. The first-order chi connectivity index (χ1) is 19.6. The number of aromatic amines is 1. The summed E-state index contributed by atoms with van der Waals surface area (Å²) in [6.45, 7) is 6.35. The molecule has 0 saturated heterocycles. The number of pyridine rings is 2. The molecule has 1 aromatic carbocycles. The highest BCUT2D eigenvalue weighted by atomic mass is 32.2. The van der Waals surface area contributed by atoms with Gasteiger partial charge in [0.1, 0.15) is 17.1 Å². The molecule has 2 amide bonds. The lowest BCUT2D eigenvalue weighted by atomic mass is 9.87. The molecule has 0 aliphatic carbocycles. The number of hydrogen-bond donors (Lipinski definition) is 4. The number of hydrogen-bond acceptors (Lipinski definition) is 10. The number of nitrogens with zero attached hydrogens (tertiary/aromatic N) is 4. The highest BCUT2D eigenvalue weighted by Crippen LogP contribution is 2.34. The molecule has 41 heavy (non-hydrogen) atoms. The summed E-state index contributed by atoms with van der Waals surface area (Å²) in [5.41, 5.74) is 5.11. The fourth-order valence-corrected chi connectivity index (χ4v) is 4.67. The Morgan fingerprint density at radius 1 is 1.07 bits per heavy atom. The minimum Gasteiger partial charge on any atom is -0.481 e. The van der Waals surface area contributed by atoms with Gasteiger partial charge in [-0.25, -0.2) is 25.2 Å². The maximum atomic E-state index is 13.2. The van der Waals surface area contributed by atoms with E-state index in [0.29, 0.717) is 40.1 Å². The van der Waals surface area contributed by atoms with Crippen LogP contribution in [0.25, 0.3) is 11.2 Å². The van der Waals surface area contributed by atoms with Crippen LogP contribution >= 0.6 is 11.8 Å². The molecule has 5 rings (SSSR count). The Hall–Kier alpha value is -4.62. The van der Waals surface area contributed by atoms with Gasteiger partial charge in [-0.15, -0.1) is 11.8 Å². The molecular weight excluding hydrogens is 544 g/mol. The monoisotopic (exact) mass is 574 g/mol. The summed E-state index contributed by atoms with van der Waals surface area (Å²) in [5, 5.41) is 7.71. The Kier molecular flexibility index (Phi) is 7.81. The topological polar surface area (TPSA) is 146 Å². The van der Waals surface area contributed by atoms with E-state index in [1.807, 2.05) is 24.5 Å². The molecule has 0 fully saturated rings. The first-order valence-electron chi connectivity index (χ1n) is 12.7. The number of rotatable bonds is 7. The number of thioether (sulfide) groups is 1. The molecule has 0 spiro atoms. The van der Waals surface area contributed by atoms with Crippen molar-refractivity contribution in [1.29, 1.82) is 0 Å². The molecule has 1 aliphatic rings. The predicted octanol–water partition coefficient (Wildman–Crippen LogP) is 4.64. The van der Waals surface area contributed by atoms with Gasteiger partial charge in [-0.2, -0.15) is 0 Å². The van der Waals surface area contributed by atoms with Gasteiger partial charge in [0.2, 0.25) is 5.88 Å². The number of hydrazine groups is 1. The van der Waals surface area contributed by atoms with Crippen LogP contribution in [0.3, 0.4) is 0 Å². The van der Waals surface area contributed by atoms with Gasteiger partial charge in [-0.05, 0) is 42.0 Å². The average Bonchev–Trinajstić information content (AvgIpc) is 3.38. The quantitative estimate of drug-likeness (QED) is 0.230. The molecular formula is C28H30N8O4S. The van der Waals surface area contributed by atoms with E-state index in [1.54, 1.807) is 42.6 Å². The number of fused-ring (bicyclic) bond motifs is 1. The van der Waals surface area contributed by atoms with Gasteiger partial charge in [0.15, 0.2) is 11.4 Å². The molecule has 3 aromatic heterocycles.